The van der Waals surface area contributed by atoms with Gasteiger partial charge in [-0.1, -0.05) is 48.2 Å². The number of hydrogen-bond donors (Lipinski definition) is 3. The van der Waals surface area contributed by atoms with Gasteiger partial charge in [0.05, 0.1) is 11.0 Å². The number of para-hydroxylation sites is 2. The summed E-state index contributed by atoms with van der Waals surface area (Å²) in [6.45, 7) is 3.57. The Balaban J connectivity index is 1.25. The molecule has 0 aliphatic heterocycles. The number of nitrogens with one attached hydrogen (secondary N) is 3. The zero-order valence-corrected chi connectivity index (χ0v) is 19.1. The number of thioether (sulfide) groups is 1. The van der Waals surface area contributed by atoms with Crippen LogP contribution in [0.3, 0.4) is 0 Å². The summed E-state index contributed by atoms with van der Waals surface area (Å²) in [7, 11) is 0. The first-order chi connectivity index (χ1) is 16.0. The largest absolute Gasteiger partial charge is 0.481 e. The molecule has 1 heterocycles. The van der Waals surface area contributed by atoms with Crippen molar-refractivity contribution in [1.82, 2.24) is 20.8 Å². The van der Waals surface area contributed by atoms with E-state index >= 15 is 0 Å². The maximum Gasteiger partial charge on any atom is 0.279 e. The van der Waals surface area contributed by atoms with E-state index in [0.717, 1.165) is 27.3 Å². The van der Waals surface area contributed by atoms with Crippen molar-refractivity contribution in [3.05, 3.63) is 89.5 Å². The Labute approximate surface area is 195 Å². The first-order valence-electron chi connectivity index (χ1n) is 10.5. The molecule has 1 atom stereocenters. The molecule has 2 amide bonds. The third kappa shape index (κ3) is 5.93. The number of nitrogens with zero attached hydrogens (tertiary/aromatic N) is 1. The third-order valence-corrected chi connectivity index (χ3v) is 5.87. The van der Waals surface area contributed by atoms with E-state index in [1.54, 1.807) is 36.9 Å². The fourth-order valence-corrected chi connectivity index (χ4v) is 3.98. The molecule has 0 aliphatic rings. The first kappa shape index (κ1) is 22.4. The Morgan fingerprint density at radius 2 is 1.82 bits per heavy atom. The van der Waals surface area contributed by atoms with Gasteiger partial charge in [0, 0.05) is 11.3 Å². The lowest BCUT2D eigenvalue weighted by Gasteiger charge is -2.15. The van der Waals surface area contributed by atoms with E-state index in [9.17, 15) is 9.59 Å². The highest BCUT2D eigenvalue weighted by Crippen LogP contribution is 2.23. The first-order valence-corrected chi connectivity index (χ1v) is 11.5. The van der Waals surface area contributed by atoms with Gasteiger partial charge >= 0.3 is 0 Å². The zero-order valence-electron chi connectivity index (χ0n) is 18.3. The summed E-state index contributed by atoms with van der Waals surface area (Å²) in [5.74, 6) is 0.470. The van der Waals surface area contributed by atoms with Gasteiger partial charge in [-0.05, 0) is 61.4 Å². The molecule has 0 aliphatic carbocycles. The van der Waals surface area contributed by atoms with Gasteiger partial charge in [-0.25, -0.2) is 4.98 Å². The Morgan fingerprint density at radius 3 is 2.58 bits per heavy atom. The van der Waals surface area contributed by atoms with E-state index in [4.69, 9.17) is 4.74 Å². The smallest absolute Gasteiger partial charge is 0.279 e. The van der Waals surface area contributed by atoms with Crippen LogP contribution in [-0.4, -0.2) is 27.9 Å². The van der Waals surface area contributed by atoms with Crippen LogP contribution in [0.4, 0.5) is 0 Å². The number of rotatable bonds is 7. The number of hydrazine groups is 1. The number of benzene rings is 3. The van der Waals surface area contributed by atoms with Crippen molar-refractivity contribution in [3.8, 4) is 5.75 Å². The molecule has 0 fully saturated rings. The van der Waals surface area contributed by atoms with Crippen LogP contribution < -0.4 is 15.6 Å². The van der Waals surface area contributed by atoms with E-state index < -0.39 is 17.9 Å². The highest BCUT2D eigenvalue weighted by atomic mass is 32.2. The summed E-state index contributed by atoms with van der Waals surface area (Å²) in [5, 5.41) is 0.850. The standard InChI is InChI=1S/C25H24N4O3S/c1-16-6-5-7-20(14-16)32-17(2)23(30)28-29-24(31)19-12-10-18(11-13-19)15-33-25-26-21-8-3-4-9-22(21)27-25/h3-14,17H,15H2,1-2H3,(H,26,27)(H,28,30)(H,29,31)/t17-/m0/s1. The summed E-state index contributed by atoms with van der Waals surface area (Å²) >= 11 is 1.59. The van der Waals surface area contributed by atoms with Crippen LogP contribution in [0.2, 0.25) is 0 Å². The molecular formula is C25H24N4O3S. The van der Waals surface area contributed by atoms with Crippen LogP contribution in [0.1, 0.15) is 28.4 Å². The lowest BCUT2D eigenvalue weighted by Crippen LogP contribution is -2.47. The number of ether oxygens (including phenoxy) is 1. The molecule has 4 aromatic rings. The number of amides is 2. The molecule has 3 aromatic carbocycles. The van der Waals surface area contributed by atoms with Crippen molar-refractivity contribution >= 4 is 34.6 Å². The molecule has 0 radical (unpaired) electrons. The Bertz CT molecular complexity index is 1240. The summed E-state index contributed by atoms with van der Waals surface area (Å²) in [6, 6.07) is 22.5. The molecule has 168 valence electrons. The van der Waals surface area contributed by atoms with E-state index in [2.05, 4.69) is 20.8 Å². The molecule has 0 unspecified atom stereocenters. The zero-order chi connectivity index (χ0) is 23.2. The summed E-state index contributed by atoms with van der Waals surface area (Å²) in [5.41, 5.74) is 9.32. The average molecular weight is 461 g/mol. The summed E-state index contributed by atoms with van der Waals surface area (Å²) < 4.78 is 5.62. The summed E-state index contributed by atoms with van der Waals surface area (Å²) in [4.78, 5) is 32.5. The van der Waals surface area contributed by atoms with Gasteiger partial charge in [-0.3, -0.25) is 20.4 Å². The number of aryl methyl sites for hydroxylation is 1. The fraction of sp³-hybridized carbons (Fsp3) is 0.160. The van der Waals surface area contributed by atoms with Crippen molar-refractivity contribution in [2.24, 2.45) is 0 Å². The van der Waals surface area contributed by atoms with Crippen LogP contribution >= 0.6 is 11.8 Å². The number of hydrogen-bond acceptors (Lipinski definition) is 5. The number of imidazole rings is 1. The molecule has 8 heteroatoms. The molecule has 33 heavy (non-hydrogen) atoms. The minimum absolute atomic E-state index is 0.400. The SMILES string of the molecule is Cc1cccc(O[C@@H](C)C(=O)NNC(=O)c2ccc(CSc3nc4ccccc4[nH]3)cc2)c1. The minimum Gasteiger partial charge on any atom is -0.481 e. The molecule has 0 spiro atoms. The maximum absolute atomic E-state index is 12.4. The molecule has 7 nitrogen and oxygen atoms in total. The van der Waals surface area contributed by atoms with Gasteiger partial charge in [-0.2, -0.15) is 0 Å². The van der Waals surface area contributed by atoms with E-state index in [-0.39, 0.29) is 0 Å². The van der Waals surface area contributed by atoms with Crippen molar-refractivity contribution in [2.45, 2.75) is 30.9 Å². The van der Waals surface area contributed by atoms with Crippen molar-refractivity contribution in [3.63, 3.8) is 0 Å². The quantitative estimate of drug-likeness (QED) is 0.281. The molecular weight excluding hydrogens is 436 g/mol. The number of H-pyrrole nitrogens is 1. The lowest BCUT2D eigenvalue weighted by atomic mass is 10.1. The average Bonchev–Trinajstić information content (AvgIpc) is 3.24. The molecule has 4 rings (SSSR count). The summed E-state index contributed by atoms with van der Waals surface area (Å²) in [6.07, 6.45) is -0.759. The van der Waals surface area contributed by atoms with Crippen molar-refractivity contribution < 1.29 is 14.3 Å². The number of aromatic amines is 1. The molecule has 0 bridgehead atoms. The van der Waals surface area contributed by atoms with E-state index in [1.165, 1.54) is 0 Å². The van der Waals surface area contributed by atoms with E-state index in [1.807, 2.05) is 61.5 Å². The van der Waals surface area contributed by atoms with Gasteiger partial charge < -0.3 is 9.72 Å². The molecule has 0 saturated heterocycles. The maximum atomic E-state index is 12.4. The topological polar surface area (TPSA) is 96.1 Å². The predicted octanol–water partition coefficient (Wildman–Crippen LogP) is 4.39. The monoisotopic (exact) mass is 460 g/mol. The minimum atomic E-state index is -0.759. The van der Waals surface area contributed by atoms with Crippen LogP contribution in [0.25, 0.3) is 11.0 Å². The second-order valence-electron chi connectivity index (χ2n) is 7.56. The van der Waals surface area contributed by atoms with Gasteiger partial charge in [0.1, 0.15) is 5.75 Å². The van der Waals surface area contributed by atoms with Crippen molar-refractivity contribution in [2.75, 3.05) is 0 Å². The van der Waals surface area contributed by atoms with Gasteiger partial charge in [0.2, 0.25) is 0 Å². The Kier molecular flexibility index (Phi) is 6.95. The van der Waals surface area contributed by atoms with Gasteiger partial charge in [0.15, 0.2) is 11.3 Å². The number of aromatic nitrogens is 2. The molecule has 1 aromatic heterocycles. The predicted molar refractivity (Wildman–Crippen MR) is 129 cm³/mol. The Hall–Kier alpha value is -3.78. The van der Waals surface area contributed by atoms with E-state index in [0.29, 0.717) is 17.1 Å². The highest BCUT2D eigenvalue weighted by molar-refractivity contribution is 7.98. The molecule has 0 saturated carbocycles. The highest BCUT2D eigenvalue weighted by Gasteiger charge is 2.16. The van der Waals surface area contributed by atoms with Crippen LogP contribution in [-0.2, 0) is 10.5 Å². The van der Waals surface area contributed by atoms with Crippen molar-refractivity contribution in [1.29, 1.82) is 0 Å². The lowest BCUT2D eigenvalue weighted by molar-refractivity contribution is -0.128. The number of fused-ring (bicyclic) bond motifs is 1. The van der Waals surface area contributed by atoms with Crippen LogP contribution in [0.15, 0.2) is 78.0 Å². The fourth-order valence-electron chi connectivity index (χ4n) is 3.14. The van der Waals surface area contributed by atoms with Crippen LogP contribution in [0.5, 0.6) is 5.75 Å². The number of carbonyl (C=O) groups is 2. The van der Waals surface area contributed by atoms with Crippen LogP contribution in [0, 0.1) is 6.92 Å². The molecule has 3 N–H and O–H groups in total. The second-order valence-corrected chi connectivity index (χ2v) is 8.53. The number of carbonyl (C=O) groups excluding carboxylic acids is 2. The van der Waals surface area contributed by atoms with Gasteiger partial charge in [0.25, 0.3) is 11.8 Å². The second kappa shape index (κ2) is 10.2. The van der Waals surface area contributed by atoms with Gasteiger partial charge in [-0.15, -0.1) is 0 Å². The third-order valence-electron chi connectivity index (χ3n) is 4.93. The Morgan fingerprint density at radius 1 is 1.03 bits per heavy atom. The normalized spacial score (nSPS) is 11.7.